The van der Waals surface area contributed by atoms with E-state index in [-0.39, 0.29) is 12.1 Å². The summed E-state index contributed by atoms with van der Waals surface area (Å²) in [5.41, 5.74) is 0. The molecular weight excluding hydrogens is 144 g/mol. The van der Waals surface area contributed by atoms with Crippen molar-refractivity contribution in [1.29, 1.82) is 0 Å². The van der Waals surface area contributed by atoms with Crippen LogP contribution in [0.5, 0.6) is 0 Å². The topological polar surface area (TPSA) is 38.8 Å². The Hall–Kier alpha value is -0.570. The lowest BCUT2D eigenvalue weighted by Crippen LogP contribution is -2.11. The highest BCUT2D eigenvalue weighted by molar-refractivity contribution is 5.70. The summed E-state index contributed by atoms with van der Waals surface area (Å²) in [5.74, 6) is 0.278. The number of carbonyl (C=O) groups is 1. The van der Waals surface area contributed by atoms with Crippen LogP contribution in [0.25, 0.3) is 0 Å². The summed E-state index contributed by atoms with van der Waals surface area (Å²) in [6, 6.07) is 0. The first-order chi connectivity index (χ1) is 5.18. The van der Waals surface area contributed by atoms with Gasteiger partial charge in [-0.25, -0.2) is 0 Å². The monoisotopic (exact) mass is 158 g/mol. The summed E-state index contributed by atoms with van der Waals surface area (Å²) in [6.45, 7) is 5.27. The van der Waals surface area contributed by atoms with Gasteiger partial charge in [0.15, 0.2) is 0 Å². The molecule has 0 aromatic heterocycles. The van der Waals surface area contributed by atoms with Crippen LogP contribution in [-0.4, -0.2) is 25.3 Å². The van der Waals surface area contributed by atoms with Crippen LogP contribution in [0, 0.1) is 5.92 Å². The largest absolute Gasteiger partial charge is 0.465 e. The molecule has 0 aromatic rings. The van der Waals surface area contributed by atoms with Crippen LogP contribution in [0.15, 0.2) is 0 Å². The van der Waals surface area contributed by atoms with Crippen molar-refractivity contribution >= 4 is 5.97 Å². The Morgan fingerprint density at radius 2 is 2.36 bits per heavy atom. The van der Waals surface area contributed by atoms with Crippen molar-refractivity contribution in [2.45, 2.75) is 26.4 Å². The Kier molecular flexibility index (Phi) is 2.88. The molecule has 0 amide bonds. The molecule has 1 rings (SSSR count). The minimum atomic E-state index is -0.138. The van der Waals surface area contributed by atoms with Crippen LogP contribution in [0.2, 0.25) is 0 Å². The second-order valence-corrected chi connectivity index (χ2v) is 3.24. The first-order valence-electron chi connectivity index (χ1n) is 3.95. The predicted octanol–water partition coefficient (Wildman–Crippen LogP) is 0.975. The highest BCUT2D eigenvalue weighted by Crippen LogP contribution is 2.13. The first-order valence-corrected chi connectivity index (χ1v) is 3.95. The van der Waals surface area contributed by atoms with Gasteiger partial charge in [0.2, 0.25) is 0 Å². The van der Waals surface area contributed by atoms with Crippen molar-refractivity contribution in [1.82, 2.24) is 0 Å². The molecule has 1 aliphatic rings. The summed E-state index contributed by atoms with van der Waals surface area (Å²) in [4.78, 5) is 10.9. The summed E-state index contributed by atoms with van der Waals surface area (Å²) in [7, 11) is 0. The molecule has 0 bridgehead atoms. The fourth-order valence-electron chi connectivity index (χ4n) is 0.690. The molecule has 3 nitrogen and oxygen atoms in total. The summed E-state index contributed by atoms with van der Waals surface area (Å²) < 4.78 is 9.82. The zero-order valence-electron chi connectivity index (χ0n) is 7.00. The number of ether oxygens (including phenoxy) is 2. The Labute approximate surface area is 66.7 Å². The quantitative estimate of drug-likeness (QED) is 0.452. The maximum Gasteiger partial charge on any atom is 0.308 e. The van der Waals surface area contributed by atoms with Crippen molar-refractivity contribution in [3.05, 3.63) is 0 Å². The summed E-state index contributed by atoms with van der Waals surface area (Å²) in [5, 5.41) is 0. The molecule has 64 valence electrons. The van der Waals surface area contributed by atoms with E-state index in [0.717, 1.165) is 6.61 Å². The van der Waals surface area contributed by atoms with Crippen LogP contribution >= 0.6 is 0 Å². The van der Waals surface area contributed by atoms with Gasteiger partial charge in [-0.3, -0.25) is 4.79 Å². The average molecular weight is 158 g/mol. The number of carbonyl (C=O) groups excluding carboxylic acids is 1. The third kappa shape index (κ3) is 3.98. The Bertz CT molecular complexity index is 138. The van der Waals surface area contributed by atoms with Crippen LogP contribution in [0.1, 0.15) is 20.3 Å². The van der Waals surface area contributed by atoms with Gasteiger partial charge in [0, 0.05) is 0 Å². The lowest BCUT2D eigenvalue weighted by Gasteiger charge is -2.05. The van der Waals surface area contributed by atoms with Gasteiger partial charge in [-0.05, 0) is 5.92 Å². The first kappa shape index (κ1) is 8.53. The van der Waals surface area contributed by atoms with E-state index in [1.54, 1.807) is 0 Å². The van der Waals surface area contributed by atoms with Gasteiger partial charge in [-0.2, -0.15) is 0 Å². The lowest BCUT2D eigenvalue weighted by molar-refractivity contribution is -0.145. The third-order valence-electron chi connectivity index (χ3n) is 1.37. The van der Waals surface area contributed by atoms with Crippen molar-refractivity contribution < 1.29 is 14.3 Å². The van der Waals surface area contributed by atoms with Gasteiger partial charge < -0.3 is 9.47 Å². The number of hydrogen-bond donors (Lipinski definition) is 0. The van der Waals surface area contributed by atoms with E-state index < -0.39 is 0 Å². The molecule has 11 heavy (non-hydrogen) atoms. The molecular formula is C8H14O3. The molecule has 1 fully saturated rings. The molecule has 0 aromatic carbocycles. The lowest BCUT2D eigenvalue weighted by atomic mass is 10.2. The smallest absolute Gasteiger partial charge is 0.308 e. The molecule has 1 saturated heterocycles. The van der Waals surface area contributed by atoms with Crippen LogP contribution in [-0.2, 0) is 14.3 Å². The van der Waals surface area contributed by atoms with Crippen LogP contribution < -0.4 is 0 Å². The third-order valence-corrected chi connectivity index (χ3v) is 1.37. The van der Waals surface area contributed by atoms with Gasteiger partial charge in [0.25, 0.3) is 0 Å². The summed E-state index contributed by atoms with van der Waals surface area (Å²) >= 11 is 0. The molecule has 0 radical (unpaired) electrons. The van der Waals surface area contributed by atoms with Crippen molar-refractivity contribution in [3.8, 4) is 0 Å². The fourth-order valence-corrected chi connectivity index (χ4v) is 0.690. The van der Waals surface area contributed by atoms with Crippen LogP contribution in [0.3, 0.4) is 0 Å². The van der Waals surface area contributed by atoms with E-state index in [4.69, 9.17) is 9.47 Å². The molecule has 3 heteroatoms. The number of hydrogen-bond acceptors (Lipinski definition) is 3. The van der Waals surface area contributed by atoms with E-state index in [1.165, 1.54) is 0 Å². The second-order valence-electron chi connectivity index (χ2n) is 3.24. The zero-order chi connectivity index (χ0) is 8.27. The van der Waals surface area contributed by atoms with E-state index >= 15 is 0 Å². The van der Waals surface area contributed by atoms with Crippen molar-refractivity contribution in [2.24, 2.45) is 5.92 Å². The van der Waals surface area contributed by atoms with E-state index in [1.807, 2.05) is 13.8 Å². The predicted molar refractivity (Wildman–Crippen MR) is 40.2 cm³/mol. The second kappa shape index (κ2) is 3.72. The molecule has 0 saturated carbocycles. The fraction of sp³-hybridized carbons (Fsp3) is 0.875. The molecule has 0 spiro atoms. The molecule has 0 N–H and O–H groups in total. The van der Waals surface area contributed by atoms with E-state index in [2.05, 4.69) is 0 Å². The standard InChI is InChI=1S/C8H14O3/c1-6(2)4-11-8(9)3-7-5-10-7/h6-7H,3-5H2,1-2H3/t7-/m1/s1. The van der Waals surface area contributed by atoms with E-state index in [9.17, 15) is 4.79 Å². The highest BCUT2D eigenvalue weighted by atomic mass is 16.6. The maximum absolute atomic E-state index is 10.9. The number of rotatable bonds is 4. The van der Waals surface area contributed by atoms with Gasteiger partial charge in [0.1, 0.15) is 0 Å². The molecule has 0 unspecified atom stereocenters. The van der Waals surface area contributed by atoms with Crippen LogP contribution in [0.4, 0.5) is 0 Å². The van der Waals surface area contributed by atoms with Gasteiger partial charge in [-0.15, -0.1) is 0 Å². The van der Waals surface area contributed by atoms with Gasteiger partial charge in [-0.1, -0.05) is 13.8 Å². The molecule has 1 heterocycles. The molecule has 0 aliphatic carbocycles. The minimum Gasteiger partial charge on any atom is -0.465 e. The Balaban J connectivity index is 2.00. The minimum absolute atomic E-state index is 0.138. The Morgan fingerprint density at radius 3 is 2.82 bits per heavy atom. The molecule has 1 atom stereocenters. The van der Waals surface area contributed by atoms with Crippen molar-refractivity contribution in [2.75, 3.05) is 13.2 Å². The Morgan fingerprint density at radius 1 is 1.73 bits per heavy atom. The van der Waals surface area contributed by atoms with E-state index in [0.29, 0.717) is 18.9 Å². The highest BCUT2D eigenvalue weighted by Gasteiger charge is 2.26. The SMILES string of the molecule is CC(C)COC(=O)C[C@@H]1CO1. The molecule has 1 aliphatic heterocycles. The van der Waals surface area contributed by atoms with Gasteiger partial charge >= 0.3 is 5.97 Å². The average Bonchev–Trinajstić information content (AvgIpc) is 2.67. The normalized spacial score (nSPS) is 21.9. The van der Waals surface area contributed by atoms with Gasteiger partial charge in [0.05, 0.1) is 25.7 Å². The summed E-state index contributed by atoms with van der Waals surface area (Å²) in [6.07, 6.45) is 0.571. The number of epoxide rings is 1. The van der Waals surface area contributed by atoms with Crippen molar-refractivity contribution in [3.63, 3.8) is 0 Å². The number of esters is 1. The maximum atomic E-state index is 10.9. The zero-order valence-corrected chi connectivity index (χ0v) is 7.00.